The third-order valence-corrected chi connectivity index (χ3v) is 5.88. The lowest BCUT2D eigenvalue weighted by Gasteiger charge is -2.20. The van der Waals surface area contributed by atoms with Gasteiger partial charge < -0.3 is 0 Å². The Morgan fingerprint density at radius 3 is 1.52 bits per heavy atom. The molecule has 0 aromatic heterocycles. The normalized spacial score (nSPS) is 14.6. The first kappa shape index (κ1) is 21.6. The van der Waals surface area contributed by atoms with E-state index in [0.717, 1.165) is 6.54 Å². The molecule has 3 rings (SSSR count). The third-order valence-electron chi connectivity index (χ3n) is 5.88. The van der Waals surface area contributed by atoms with E-state index in [4.69, 9.17) is 0 Å². The summed E-state index contributed by atoms with van der Waals surface area (Å²) in [7, 11) is 0. The van der Waals surface area contributed by atoms with Crippen LogP contribution in [0.2, 0.25) is 0 Å². The smallest absolute Gasteiger partial charge is 0.228 e. The number of nitrogens with zero attached hydrogens (tertiary/aromatic N) is 2. The Hall–Kier alpha value is -2.09. The van der Waals surface area contributed by atoms with Crippen molar-refractivity contribution in [3.05, 3.63) is 65.2 Å². The first-order valence-corrected chi connectivity index (χ1v) is 11.1. The number of anilines is 1. The van der Waals surface area contributed by atoms with E-state index in [9.17, 15) is 0 Å². The van der Waals surface area contributed by atoms with Gasteiger partial charge in [0.1, 0.15) is 17.9 Å². The highest BCUT2D eigenvalue weighted by atomic mass is 15.3. The van der Waals surface area contributed by atoms with Gasteiger partial charge in [-0.3, -0.25) is 0 Å². The van der Waals surface area contributed by atoms with E-state index in [2.05, 4.69) is 114 Å². The molecule has 1 aliphatic heterocycles. The maximum absolute atomic E-state index is 3.65. The van der Waals surface area contributed by atoms with Crippen molar-refractivity contribution in [1.82, 2.24) is 0 Å². The van der Waals surface area contributed by atoms with Crippen LogP contribution >= 0.6 is 0 Å². The van der Waals surface area contributed by atoms with Gasteiger partial charge in [-0.2, -0.15) is 0 Å². The summed E-state index contributed by atoms with van der Waals surface area (Å²) in [6.45, 7) is 22.7. The summed E-state index contributed by atoms with van der Waals surface area (Å²) in [5, 5.41) is 0. The van der Waals surface area contributed by atoms with Crippen LogP contribution in [-0.2, 0) is 0 Å². The Kier molecular flexibility index (Phi) is 6.51. The second kappa shape index (κ2) is 8.73. The number of rotatable bonds is 6. The van der Waals surface area contributed by atoms with Gasteiger partial charge in [0.05, 0.1) is 0 Å². The summed E-state index contributed by atoms with van der Waals surface area (Å²) in [5.41, 5.74) is 8.29. The first-order chi connectivity index (χ1) is 13.7. The molecule has 0 fully saturated rings. The highest BCUT2D eigenvalue weighted by molar-refractivity contribution is 5.83. The van der Waals surface area contributed by atoms with Crippen molar-refractivity contribution in [2.45, 2.75) is 79.1 Å². The molecule has 0 N–H and O–H groups in total. The van der Waals surface area contributed by atoms with E-state index in [-0.39, 0.29) is 0 Å². The van der Waals surface area contributed by atoms with Crippen molar-refractivity contribution in [2.24, 2.45) is 0 Å². The van der Waals surface area contributed by atoms with E-state index >= 15 is 0 Å². The van der Waals surface area contributed by atoms with E-state index in [1.54, 1.807) is 0 Å². The lowest BCUT2D eigenvalue weighted by molar-refractivity contribution is -0.382. The van der Waals surface area contributed by atoms with E-state index in [1.807, 2.05) is 0 Å². The standard InChI is InChI=1S/C27H37N2/c1-18(2)22-11-9-12-23(19(3)4)26(22)28-15-16-29(17-28)27-24(20(5)6)13-10-14-25(27)21(7)8/h9-14,17-21H,15H2,1-8H3/q+1. The summed E-state index contributed by atoms with van der Waals surface area (Å²) in [6, 6.07) is 13.5. The zero-order valence-electron chi connectivity index (χ0n) is 19.5. The fourth-order valence-corrected chi connectivity index (χ4v) is 4.28. The largest absolute Gasteiger partial charge is 0.252 e. The Labute approximate surface area is 178 Å². The number of hydrogen-bond acceptors (Lipinski definition) is 1. The zero-order chi connectivity index (χ0) is 21.3. The first-order valence-electron chi connectivity index (χ1n) is 11.1. The quantitative estimate of drug-likeness (QED) is 0.466. The molecule has 0 bridgehead atoms. The van der Waals surface area contributed by atoms with Gasteiger partial charge in [-0.1, -0.05) is 91.8 Å². The zero-order valence-corrected chi connectivity index (χ0v) is 19.5. The molecule has 2 nitrogen and oxygen atoms in total. The fourth-order valence-electron chi connectivity index (χ4n) is 4.28. The van der Waals surface area contributed by atoms with Crippen molar-refractivity contribution < 1.29 is 4.58 Å². The Morgan fingerprint density at radius 2 is 1.10 bits per heavy atom. The van der Waals surface area contributed by atoms with Gasteiger partial charge in [0, 0.05) is 22.3 Å². The topological polar surface area (TPSA) is 6.25 Å². The van der Waals surface area contributed by atoms with Gasteiger partial charge in [0.15, 0.2) is 0 Å². The molecule has 0 saturated heterocycles. The van der Waals surface area contributed by atoms with Crippen LogP contribution in [0.15, 0.2) is 36.4 Å². The Bertz CT molecular complexity index is 835. The minimum absolute atomic E-state index is 0.474. The number of para-hydroxylation sites is 2. The molecular formula is C27H37N2+. The second-order valence-electron chi connectivity index (χ2n) is 9.46. The van der Waals surface area contributed by atoms with Gasteiger partial charge in [0.2, 0.25) is 6.34 Å². The predicted octanol–water partition coefficient (Wildman–Crippen LogP) is 7.41. The molecule has 2 heteroatoms. The van der Waals surface area contributed by atoms with Gasteiger partial charge in [0.25, 0.3) is 6.54 Å². The molecule has 1 heterocycles. The lowest BCUT2D eigenvalue weighted by Crippen LogP contribution is -2.21. The van der Waals surface area contributed by atoms with Gasteiger partial charge >= 0.3 is 0 Å². The summed E-state index contributed by atoms with van der Waals surface area (Å²) < 4.78 is 2.26. The maximum Gasteiger partial charge on any atom is 0.252 e. The van der Waals surface area contributed by atoms with Crippen molar-refractivity contribution in [3.63, 3.8) is 0 Å². The van der Waals surface area contributed by atoms with Crippen LogP contribution < -0.4 is 4.90 Å². The molecule has 1 aliphatic rings. The third kappa shape index (κ3) is 4.27. The van der Waals surface area contributed by atoms with Crippen molar-refractivity contribution >= 4 is 17.7 Å². The molecule has 2 aromatic rings. The van der Waals surface area contributed by atoms with Crippen LogP contribution in [0.5, 0.6) is 0 Å². The van der Waals surface area contributed by atoms with E-state index < -0.39 is 0 Å². The Morgan fingerprint density at radius 1 is 0.690 bits per heavy atom. The number of hydrogen-bond donors (Lipinski definition) is 0. The highest BCUT2D eigenvalue weighted by Gasteiger charge is 2.32. The van der Waals surface area contributed by atoms with Crippen molar-refractivity contribution in [3.8, 4) is 0 Å². The summed E-state index contributed by atoms with van der Waals surface area (Å²) >= 11 is 0. The second-order valence-corrected chi connectivity index (χ2v) is 9.46. The molecule has 0 amide bonds. The molecule has 2 radical (unpaired) electrons. The molecule has 0 aliphatic carbocycles. The van der Waals surface area contributed by atoms with Crippen molar-refractivity contribution in [1.29, 1.82) is 0 Å². The molecular weight excluding hydrogens is 352 g/mol. The minimum Gasteiger partial charge on any atom is -0.228 e. The van der Waals surface area contributed by atoms with Crippen LogP contribution in [0.25, 0.3) is 0 Å². The average Bonchev–Trinajstić information content (AvgIpc) is 3.15. The van der Waals surface area contributed by atoms with Crippen LogP contribution in [0.4, 0.5) is 11.4 Å². The lowest BCUT2D eigenvalue weighted by atomic mass is 9.92. The van der Waals surface area contributed by atoms with Gasteiger partial charge in [-0.25, -0.2) is 9.48 Å². The predicted molar refractivity (Wildman–Crippen MR) is 126 cm³/mol. The van der Waals surface area contributed by atoms with Crippen LogP contribution in [0.1, 0.15) is 101 Å². The van der Waals surface area contributed by atoms with Gasteiger partial charge in [-0.05, 0) is 23.7 Å². The molecule has 0 spiro atoms. The average molecular weight is 390 g/mol. The minimum atomic E-state index is 0.474. The van der Waals surface area contributed by atoms with Crippen LogP contribution in [0, 0.1) is 6.54 Å². The molecule has 2 aromatic carbocycles. The molecule has 29 heavy (non-hydrogen) atoms. The maximum atomic E-state index is 3.65. The molecule has 154 valence electrons. The summed E-state index contributed by atoms with van der Waals surface area (Å²) in [6.07, 6.45) is 2.26. The number of benzene rings is 2. The van der Waals surface area contributed by atoms with Crippen molar-refractivity contribution in [2.75, 3.05) is 11.4 Å². The van der Waals surface area contributed by atoms with Gasteiger partial charge in [-0.15, -0.1) is 0 Å². The molecule has 0 saturated carbocycles. The van der Waals surface area contributed by atoms with E-state index in [1.165, 1.54) is 33.6 Å². The Balaban J connectivity index is 2.15. The van der Waals surface area contributed by atoms with Crippen LogP contribution in [0.3, 0.4) is 0 Å². The highest BCUT2D eigenvalue weighted by Crippen LogP contribution is 2.39. The monoisotopic (exact) mass is 389 g/mol. The van der Waals surface area contributed by atoms with Crippen LogP contribution in [-0.4, -0.2) is 17.5 Å². The summed E-state index contributed by atoms with van der Waals surface area (Å²) in [5.74, 6) is 1.92. The molecule has 0 unspecified atom stereocenters. The molecule has 0 atom stereocenters. The summed E-state index contributed by atoms with van der Waals surface area (Å²) in [4.78, 5) is 2.39. The fraction of sp³-hybridized carbons (Fsp3) is 0.481. The SMILES string of the molecule is CC(C)c1cccc(C(C)C)c1N1C=[N+](c2c(C(C)C)cccc2C(C)C)[C]C1. The van der Waals surface area contributed by atoms with E-state index in [0.29, 0.717) is 23.7 Å².